The first kappa shape index (κ1) is 22.4. The SMILES string of the molecule is CC(C)(C)OC(=O)N1CCC(c2ccc3c4c(cccc24)C(=O)N3C2CCC(=O)NC2=O)CC1. The van der Waals surface area contributed by atoms with Gasteiger partial charge in [-0.05, 0) is 69.0 Å². The van der Waals surface area contributed by atoms with E-state index in [2.05, 4.69) is 5.32 Å². The summed E-state index contributed by atoms with van der Waals surface area (Å²) in [4.78, 5) is 53.2. The monoisotopic (exact) mass is 463 g/mol. The molecule has 3 heterocycles. The molecule has 8 nitrogen and oxygen atoms in total. The van der Waals surface area contributed by atoms with E-state index in [1.54, 1.807) is 15.9 Å². The number of rotatable bonds is 2. The molecule has 178 valence electrons. The summed E-state index contributed by atoms with van der Waals surface area (Å²) < 4.78 is 5.51. The predicted molar refractivity (Wildman–Crippen MR) is 127 cm³/mol. The van der Waals surface area contributed by atoms with Gasteiger partial charge in [0.15, 0.2) is 0 Å². The number of imide groups is 1. The molecule has 0 saturated carbocycles. The van der Waals surface area contributed by atoms with Gasteiger partial charge in [0.2, 0.25) is 11.8 Å². The molecule has 8 heteroatoms. The van der Waals surface area contributed by atoms with Gasteiger partial charge in [-0.2, -0.15) is 0 Å². The Kier molecular flexibility index (Phi) is 5.34. The summed E-state index contributed by atoms with van der Waals surface area (Å²) in [5, 5.41) is 4.24. The highest BCUT2D eigenvalue weighted by molar-refractivity contribution is 6.27. The largest absolute Gasteiger partial charge is 0.444 e. The van der Waals surface area contributed by atoms with E-state index in [9.17, 15) is 19.2 Å². The van der Waals surface area contributed by atoms with Crippen molar-refractivity contribution in [3.8, 4) is 0 Å². The standard InChI is InChI=1S/C26H29N3O5/c1-26(2,3)34-25(33)28-13-11-15(12-14-28)16-7-8-19-22-17(16)5-4-6-18(22)24(32)29(19)20-9-10-21(30)27-23(20)31/h4-8,15,20H,9-14H2,1-3H3,(H,27,30,31). The van der Waals surface area contributed by atoms with E-state index in [1.807, 2.05) is 45.0 Å². The Bertz CT molecular complexity index is 1210. The van der Waals surface area contributed by atoms with E-state index in [0.717, 1.165) is 34.9 Å². The van der Waals surface area contributed by atoms with Crippen LogP contribution in [0.2, 0.25) is 0 Å². The predicted octanol–water partition coefficient (Wildman–Crippen LogP) is 3.72. The van der Waals surface area contributed by atoms with E-state index in [-0.39, 0.29) is 30.2 Å². The quantitative estimate of drug-likeness (QED) is 0.685. The lowest BCUT2D eigenvalue weighted by molar-refractivity contribution is -0.134. The molecule has 4 amide bonds. The Hall–Kier alpha value is -3.42. The second-order valence-corrected chi connectivity index (χ2v) is 10.3. The van der Waals surface area contributed by atoms with Crippen LogP contribution in [-0.2, 0) is 14.3 Å². The molecule has 1 unspecified atom stereocenters. The fourth-order valence-electron chi connectivity index (χ4n) is 5.32. The van der Waals surface area contributed by atoms with Crippen LogP contribution in [0.15, 0.2) is 30.3 Å². The number of carbonyl (C=O) groups is 4. The van der Waals surface area contributed by atoms with Crippen LogP contribution >= 0.6 is 0 Å². The highest BCUT2D eigenvalue weighted by Crippen LogP contribution is 2.44. The summed E-state index contributed by atoms with van der Waals surface area (Å²) in [5.41, 5.74) is 1.94. The molecule has 5 rings (SSSR count). The van der Waals surface area contributed by atoms with E-state index in [0.29, 0.717) is 25.1 Å². The Labute approximate surface area is 198 Å². The van der Waals surface area contributed by atoms with Crippen molar-refractivity contribution in [2.24, 2.45) is 0 Å². The maximum absolute atomic E-state index is 13.3. The lowest BCUT2D eigenvalue weighted by Crippen LogP contribution is -2.53. The fourth-order valence-corrected chi connectivity index (χ4v) is 5.32. The van der Waals surface area contributed by atoms with Crippen LogP contribution < -0.4 is 10.2 Å². The number of nitrogens with zero attached hydrogens (tertiary/aromatic N) is 2. The molecule has 1 atom stereocenters. The van der Waals surface area contributed by atoms with E-state index >= 15 is 0 Å². The minimum atomic E-state index is -0.691. The zero-order valence-electron chi connectivity index (χ0n) is 19.7. The van der Waals surface area contributed by atoms with E-state index < -0.39 is 17.6 Å². The van der Waals surface area contributed by atoms with Crippen LogP contribution in [-0.4, -0.2) is 53.4 Å². The third-order valence-corrected chi connectivity index (χ3v) is 6.87. The fraction of sp³-hybridized carbons (Fsp3) is 0.462. The summed E-state index contributed by atoms with van der Waals surface area (Å²) in [6.07, 6.45) is 1.87. The number of anilines is 1. The smallest absolute Gasteiger partial charge is 0.410 e. The number of amides is 4. The number of hydrogen-bond acceptors (Lipinski definition) is 5. The van der Waals surface area contributed by atoms with Crippen molar-refractivity contribution in [3.63, 3.8) is 0 Å². The van der Waals surface area contributed by atoms with E-state index in [1.165, 1.54) is 0 Å². The van der Waals surface area contributed by atoms with Crippen molar-refractivity contribution < 1.29 is 23.9 Å². The molecule has 0 bridgehead atoms. The molecular formula is C26H29N3O5. The van der Waals surface area contributed by atoms with Crippen molar-refractivity contribution in [2.45, 2.75) is 64.0 Å². The van der Waals surface area contributed by atoms with Gasteiger partial charge in [-0.1, -0.05) is 18.2 Å². The van der Waals surface area contributed by atoms with Gasteiger partial charge in [-0.3, -0.25) is 24.6 Å². The average molecular weight is 464 g/mol. The summed E-state index contributed by atoms with van der Waals surface area (Å²) in [6.45, 7) is 6.82. The lowest BCUT2D eigenvalue weighted by atomic mass is 9.85. The molecule has 2 saturated heterocycles. The highest BCUT2D eigenvalue weighted by atomic mass is 16.6. The molecule has 3 aliphatic heterocycles. The van der Waals surface area contributed by atoms with Crippen LogP contribution in [0, 0.1) is 0 Å². The molecular weight excluding hydrogens is 434 g/mol. The van der Waals surface area contributed by atoms with Gasteiger partial charge in [0.05, 0.1) is 5.69 Å². The molecule has 2 aromatic rings. The number of nitrogens with one attached hydrogen (secondary N) is 1. The third-order valence-electron chi connectivity index (χ3n) is 6.87. The first-order valence-corrected chi connectivity index (χ1v) is 11.8. The van der Waals surface area contributed by atoms with E-state index in [4.69, 9.17) is 4.74 Å². The number of piperidine rings is 2. The minimum absolute atomic E-state index is 0.202. The molecule has 1 N–H and O–H groups in total. The number of hydrogen-bond donors (Lipinski definition) is 1. The van der Waals surface area contributed by atoms with Gasteiger partial charge in [0.1, 0.15) is 11.6 Å². The Morgan fingerprint density at radius 3 is 2.44 bits per heavy atom. The van der Waals surface area contributed by atoms with Crippen LogP contribution in [0.5, 0.6) is 0 Å². The second-order valence-electron chi connectivity index (χ2n) is 10.3. The first-order chi connectivity index (χ1) is 16.1. The zero-order valence-corrected chi connectivity index (χ0v) is 19.7. The maximum atomic E-state index is 13.3. The van der Waals surface area contributed by atoms with Crippen molar-refractivity contribution in [3.05, 3.63) is 41.5 Å². The molecule has 0 radical (unpaired) electrons. The van der Waals surface area contributed by atoms with Crippen molar-refractivity contribution in [1.82, 2.24) is 10.2 Å². The van der Waals surface area contributed by atoms with Gasteiger partial charge in [0.25, 0.3) is 5.91 Å². The van der Waals surface area contributed by atoms with Gasteiger partial charge in [-0.25, -0.2) is 4.79 Å². The molecule has 0 aromatic heterocycles. The molecule has 2 fully saturated rings. The topological polar surface area (TPSA) is 96.0 Å². The van der Waals surface area contributed by atoms with Crippen LogP contribution in [0.3, 0.4) is 0 Å². The van der Waals surface area contributed by atoms with Crippen molar-refractivity contribution >= 4 is 40.3 Å². The summed E-state index contributed by atoms with van der Waals surface area (Å²) >= 11 is 0. The minimum Gasteiger partial charge on any atom is -0.444 e. The van der Waals surface area contributed by atoms with Gasteiger partial charge in [-0.15, -0.1) is 0 Å². The molecule has 0 aliphatic carbocycles. The number of ether oxygens (including phenoxy) is 1. The summed E-state index contributed by atoms with van der Waals surface area (Å²) in [5.74, 6) is -0.678. The molecule has 0 spiro atoms. The Balaban J connectivity index is 1.42. The normalized spacial score (nSPS) is 21.3. The second kappa shape index (κ2) is 8.11. The maximum Gasteiger partial charge on any atom is 0.410 e. The molecule has 34 heavy (non-hydrogen) atoms. The summed E-state index contributed by atoms with van der Waals surface area (Å²) in [7, 11) is 0. The van der Waals surface area contributed by atoms with Gasteiger partial charge >= 0.3 is 6.09 Å². The van der Waals surface area contributed by atoms with Gasteiger partial charge in [0, 0.05) is 30.5 Å². The molecule has 2 aromatic carbocycles. The molecule has 3 aliphatic rings. The first-order valence-electron chi connectivity index (χ1n) is 11.8. The Morgan fingerprint density at radius 1 is 1.03 bits per heavy atom. The van der Waals surface area contributed by atoms with Crippen LogP contribution in [0.4, 0.5) is 10.5 Å². The third kappa shape index (κ3) is 3.81. The van der Waals surface area contributed by atoms with Crippen molar-refractivity contribution in [1.29, 1.82) is 0 Å². The Morgan fingerprint density at radius 2 is 1.76 bits per heavy atom. The number of likely N-dealkylation sites (tertiary alicyclic amines) is 1. The van der Waals surface area contributed by atoms with Crippen molar-refractivity contribution in [2.75, 3.05) is 18.0 Å². The van der Waals surface area contributed by atoms with Crippen LogP contribution in [0.25, 0.3) is 10.8 Å². The van der Waals surface area contributed by atoms with Crippen LogP contribution in [0.1, 0.15) is 68.3 Å². The van der Waals surface area contributed by atoms with Gasteiger partial charge < -0.3 is 9.64 Å². The number of benzene rings is 2. The zero-order chi connectivity index (χ0) is 24.2. The average Bonchev–Trinajstić information content (AvgIpc) is 3.06. The number of carbonyl (C=O) groups excluding carboxylic acids is 4. The summed E-state index contributed by atoms with van der Waals surface area (Å²) in [6, 6.07) is 8.99. The highest BCUT2D eigenvalue weighted by Gasteiger charge is 2.41. The lowest BCUT2D eigenvalue weighted by Gasteiger charge is -2.34.